The number of piperidine rings is 1. The number of nitro groups is 1. The van der Waals surface area contributed by atoms with Gasteiger partial charge in [-0.15, -0.1) is 0 Å². The van der Waals surface area contributed by atoms with Crippen molar-refractivity contribution >= 4 is 23.1 Å². The second-order valence-corrected chi connectivity index (χ2v) is 7.57. The van der Waals surface area contributed by atoms with Gasteiger partial charge in [-0.3, -0.25) is 19.7 Å². The molecule has 1 aromatic carbocycles. The van der Waals surface area contributed by atoms with Gasteiger partial charge in [0, 0.05) is 42.7 Å². The monoisotopic (exact) mass is 413 g/mol. The first-order chi connectivity index (χ1) is 14.3. The summed E-state index contributed by atoms with van der Waals surface area (Å²) in [4.78, 5) is 37.7. The summed E-state index contributed by atoms with van der Waals surface area (Å²) in [6, 6.07) is 8.45. The maximum absolute atomic E-state index is 12.5. The molecule has 0 atom stereocenters. The molecule has 0 saturated carbocycles. The summed E-state index contributed by atoms with van der Waals surface area (Å²) in [5, 5.41) is 11.2. The van der Waals surface area contributed by atoms with Crippen molar-refractivity contribution < 1.29 is 19.2 Å². The lowest BCUT2D eigenvalue weighted by Crippen LogP contribution is -2.37. The fourth-order valence-corrected chi connectivity index (χ4v) is 4.14. The smallest absolute Gasteiger partial charge is 0.309 e. The minimum atomic E-state index is -0.392. The van der Waals surface area contributed by atoms with Crippen LogP contribution >= 0.6 is 0 Å². The van der Waals surface area contributed by atoms with Crippen molar-refractivity contribution in [3.63, 3.8) is 0 Å². The van der Waals surface area contributed by atoms with Gasteiger partial charge in [-0.2, -0.15) is 0 Å². The lowest BCUT2D eigenvalue weighted by atomic mass is 9.96. The molecule has 0 radical (unpaired) electrons. The number of nitro benzene ring substituents is 1. The number of rotatable bonds is 7. The van der Waals surface area contributed by atoms with Crippen molar-refractivity contribution in [1.82, 2.24) is 4.57 Å². The molecule has 1 saturated heterocycles. The molecule has 1 fully saturated rings. The topological polar surface area (TPSA) is 94.7 Å². The third kappa shape index (κ3) is 4.37. The Kier molecular flexibility index (Phi) is 6.54. The SMILES string of the molecule is CCn1c(C)cc(C(=O)COC(=O)C2CCN(c3ccccc3[N+](=O)[O-])CC2)c1C. The quantitative estimate of drug-likeness (QED) is 0.297. The molecule has 8 nitrogen and oxygen atoms in total. The molecule has 160 valence electrons. The van der Waals surface area contributed by atoms with Crippen molar-refractivity contribution in [3.8, 4) is 0 Å². The van der Waals surface area contributed by atoms with Crippen molar-refractivity contribution in [3.05, 3.63) is 57.4 Å². The number of aryl methyl sites for hydroxylation is 1. The van der Waals surface area contributed by atoms with Gasteiger partial charge in [-0.25, -0.2) is 0 Å². The molecule has 0 aliphatic carbocycles. The summed E-state index contributed by atoms with van der Waals surface area (Å²) in [5.41, 5.74) is 3.11. The van der Waals surface area contributed by atoms with Crippen LogP contribution in [0.15, 0.2) is 30.3 Å². The highest BCUT2D eigenvalue weighted by atomic mass is 16.6. The summed E-state index contributed by atoms with van der Waals surface area (Å²) in [5.74, 6) is -0.886. The van der Waals surface area contributed by atoms with Crippen LogP contribution in [0.3, 0.4) is 0 Å². The van der Waals surface area contributed by atoms with Gasteiger partial charge in [-0.1, -0.05) is 12.1 Å². The van der Waals surface area contributed by atoms with Crippen molar-refractivity contribution in [2.75, 3.05) is 24.6 Å². The standard InChI is InChI=1S/C22H27N3O5/c1-4-24-15(2)13-18(16(24)3)21(26)14-30-22(27)17-9-11-23(12-10-17)19-7-5-6-8-20(19)25(28)29/h5-8,13,17H,4,9-12,14H2,1-3H3. The maximum atomic E-state index is 12.5. The van der Waals surface area contributed by atoms with Crippen LogP contribution in [0.4, 0.5) is 11.4 Å². The Hall–Kier alpha value is -3.16. The molecule has 1 aromatic heterocycles. The first-order valence-corrected chi connectivity index (χ1v) is 10.2. The average molecular weight is 413 g/mol. The van der Waals surface area contributed by atoms with Crippen molar-refractivity contribution in [2.45, 2.75) is 40.2 Å². The van der Waals surface area contributed by atoms with Crippen molar-refractivity contribution in [2.24, 2.45) is 5.92 Å². The number of ether oxygens (including phenoxy) is 1. The molecule has 0 amide bonds. The zero-order valence-corrected chi connectivity index (χ0v) is 17.6. The number of carbonyl (C=O) groups is 2. The van der Waals surface area contributed by atoms with Gasteiger partial charge in [-0.05, 0) is 45.7 Å². The lowest BCUT2D eigenvalue weighted by Gasteiger charge is -2.32. The fraction of sp³-hybridized carbons (Fsp3) is 0.455. The van der Waals surface area contributed by atoms with E-state index >= 15 is 0 Å². The van der Waals surface area contributed by atoms with Gasteiger partial charge in [0.15, 0.2) is 6.61 Å². The van der Waals surface area contributed by atoms with E-state index in [1.807, 2.05) is 36.3 Å². The third-order valence-corrected chi connectivity index (χ3v) is 5.78. The van der Waals surface area contributed by atoms with Crippen LogP contribution in [-0.4, -0.2) is 40.9 Å². The Labute approximate surface area is 175 Å². The molecular weight excluding hydrogens is 386 g/mol. The number of Topliss-reactive ketones (excluding diaryl/α,β-unsaturated/α-hetero) is 1. The number of esters is 1. The third-order valence-electron chi connectivity index (χ3n) is 5.78. The van der Waals surface area contributed by atoms with E-state index in [1.165, 1.54) is 6.07 Å². The highest BCUT2D eigenvalue weighted by molar-refractivity contribution is 5.99. The Bertz CT molecular complexity index is 958. The molecule has 0 N–H and O–H groups in total. The molecule has 0 spiro atoms. The Morgan fingerprint density at radius 3 is 2.47 bits per heavy atom. The predicted octanol–water partition coefficient (Wildman–Crippen LogP) is 3.68. The van der Waals surface area contributed by atoms with Gasteiger partial charge in [0.05, 0.1) is 10.8 Å². The molecule has 1 aliphatic heterocycles. The number of hydrogen-bond donors (Lipinski definition) is 0. The summed E-state index contributed by atoms with van der Waals surface area (Å²) in [6.45, 7) is 7.42. The number of ketones is 1. The Morgan fingerprint density at radius 1 is 1.20 bits per heavy atom. The molecule has 2 heterocycles. The van der Waals surface area contributed by atoms with E-state index in [4.69, 9.17) is 4.74 Å². The number of hydrogen-bond acceptors (Lipinski definition) is 6. The van der Waals surface area contributed by atoms with Gasteiger partial charge in [0.25, 0.3) is 5.69 Å². The van der Waals surface area contributed by atoms with Crippen LogP contribution < -0.4 is 4.90 Å². The van der Waals surface area contributed by atoms with E-state index in [-0.39, 0.29) is 30.0 Å². The van der Waals surface area contributed by atoms with Crippen LogP contribution in [0.25, 0.3) is 0 Å². The summed E-state index contributed by atoms with van der Waals surface area (Å²) in [7, 11) is 0. The fourth-order valence-electron chi connectivity index (χ4n) is 4.14. The highest BCUT2D eigenvalue weighted by Crippen LogP contribution is 2.31. The second-order valence-electron chi connectivity index (χ2n) is 7.57. The summed E-state index contributed by atoms with van der Waals surface area (Å²) >= 11 is 0. The minimum Gasteiger partial charge on any atom is -0.457 e. The highest BCUT2D eigenvalue weighted by Gasteiger charge is 2.29. The number of para-hydroxylation sites is 2. The van der Waals surface area contributed by atoms with E-state index in [1.54, 1.807) is 18.2 Å². The van der Waals surface area contributed by atoms with Crippen LogP contribution in [0.1, 0.15) is 41.5 Å². The maximum Gasteiger partial charge on any atom is 0.309 e. The minimum absolute atomic E-state index is 0.0637. The Morgan fingerprint density at radius 2 is 1.87 bits per heavy atom. The van der Waals surface area contributed by atoms with E-state index in [9.17, 15) is 19.7 Å². The van der Waals surface area contributed by atoms with E-state index in [0.29, 0.717) is 37.2 Å². The molecule has 3 rings (SSSR count). The molecular formula is C22H27N3O5. The van der Waals surface area contributed by atoms with E-state index < -0.39 is 4.92 Å². The molecule has 0 unspecified atom stereocenters. The van der Waals surface area contributed by atoms with Gasteiger partial charge in [0.1, 0.15) is 5.69 Å². The average Bonchev–Trinajstić information content (AvgIpc) is 3.05. The number of anilines is 1. The first-order valence-electron chi connectivity index (χ1n) is 10.2. The summed E-state index contributed by atoms with van der Waals surface area (Å²) in [6.07, 6.45) is 1.06. The largest absolute Gasteiger partial charge is 0.457 e. The number of carbonyl (C=O) groups excluding carboxylic acids is 2. The first kappa shape index (κ1) is 21.5. The molecule has 8 heteroatoms. The molecule has 1 aliphatic rings. The van der Waals surface area contributed by atoms with Gasteiger partial charge < -0.3 is 14.2 Å². The summed E-state index contributed by atoms with van der Waals surface area (Å²) < 4.78 is 7.36. The lowest BCUT2D eigenvalue weighted by molar-refractivity contribution is -0.384. The second kappa shape index (κ2) is 9.11. The number of nitrogens with zero attached hydrogens (tertiary/aromatic N) is 3. The predicted molar refractivity (Wildman–Crippen MR) is 113 cm³/mol. The van der Waals surface area contributed by atoms with Gasteiger partial charge in [0.2, 0.25) is 5.78 Å². The normalized spacial score (nSPS) is 14.6. The number of benzene rings is 1. The van der Waals surface area contributed by atoms with Gasteiger partial charge >= 0.3 is 5.97 Å². The molecule has 30 heavy (non-hydrogen) atoms. The van der Waals surface area contributed by atoms with Crippen LogP contribution in [-0.2, 0) is 16.1 Å². The van der Waals surface area contributed by atoms with Crippen LogP contribution in [0.2, 0.25) is 0 Å². The van der Waals surface area contributed by atoms with Crippen LogP contribution in [0.5, 0.6) is 0 Å². The Balaban J connectivity index is 1.55. The van der Waals surface area contributed by atoms with E-state index in [2.05, 4.69) is 0 Å². The van der Waals surface area contributed by atoms with E-state index in [0.717, 1.165) is 17.9 Å². The number of aromatic nitrogens is 1. The zero-order valence-electron chi connectivity index (χ0n) is 17.6. The zero-order chi connectivity index (χ0) is 21.8. The van der Waals surface area contributed by atoms with Crippen LogP contribution in [0, 0.1) is 29.9 Å². The molecule has 0 bridgehead atoms. The molecule has 2 aromatic rings. The van der Waals surface area contributed by atoms with Crippen molar-refractivity contribution in [1.29, 1.82) is 0 Å².